The summed E-state index contributed by atoms with van der Waals surface area (Å²) in [4.78, 5) is 6.38. The molecular weight excluding hydrogens is 150 g/mol. The van der Waals surface area contributed by atoms with Crippen molar-refractivity contribution in [3.8, 4) is 0 Å². The number of nitrogens with one attached hydrogen (secondary N) is 1. The van der Waals surface area contributed by atoms with Crippen LogP contribution in [0.3, 0.4) is 0 Å². The average molecular weight is 167 g/mol. The van der Waals surface area contributed by atoms with E-state index in [-0.39, 0.29) is 0 Å². The van der Waals surface area contributed by atoms with E-state index in [1.165, 1.54) is 0 Å². The van der Waals surface area contributed by atoms with Crippen molar-refractivity contribution in [2.24, 2.45) is 4.99 Å². The van der Waals surface area contributed by atoms with Gasteiger partial charge in [-0.25, -0.2) is 4.99 Å². The summed E-state index contributed by atoms with van der Waals surface area (Å²) in [5.74, 6) is 0. The summed E-state index contributed by atoms with van der Waals surface area (Å²) in [6.07, 6.45) is 4.18. The Labute approximate surface area is 74.2 Å². The van der Waals surface area contributed by atoms with Gasteiger partial charge in [0.15, 0.2) is 0 Å². The number of hydrogen-bond acceptors (Lipinski definition) is 3. The number of nitrogens with zero attached hydrogens (tertiary/aromatic N) is 2. The molecule has 0 bridgehead atoms. The molecule has 0 aromatic heterocycles. The number of likely N-dealkylation sites (N-methyl/N-ethyl adjacent to an activating group) is 1. The lowest BCUT2D eigenvalue weighted by molar-refractivity contribution is 0.216. The zero-order valence-corrected chi connectivity index (χ0v) is 8.20. The van der Waals surface area contributed by atoms with Gasteiger partial charge in [-0.1, -0.05) is 0 Å². The normalized spacial score (nSPS) is 22.8. The summed E-state index contributed by atoms with van der Waals surface area (Å²) in [5, 5.41) is 3.19. The predicted molar refractivity (Wildman–Crippen MR) is 52.1 cm³/mol. The van der Waals surface area contributed by atoms with E-state index in [2.05, 4.69) is 42.2 Å². The summed E-state index contributed by atoms with van der Waals surface area (Å²) >= 11 is 0. The Balaban J connectivity index is 2.60. The fourth-order valence-electron chi connectivity index (χ4n) is 1.09. The quantitative estimate of drug-likeness (QED) is 0.669. The van der Waals surface area contributed by atoms with Crippen LogP contribution in [0.25, 0.3) is 0 Å². The van der Waals surface area contributed by atoms with Crippen LogP contribution in [0.15, 0.2) is 16.8 Å². The van der Waals surface area contributed by atoms with E-state index < -0.39 is 0 Å². The summed E-state index contributed by atoms with van der Waals surface area (Å²) in [6.45, 7) is 6.37. The summed E-state index contributed by atoms with van der Waals surface area (Å²) < 4.78 is 0. The SMILES string of the molecule is CC1=CC(N(C)C(C)C)NC=N1. The first kappa shape index (κ1) is 9.26. The van der Waals surface area contributed by atoms with Gasteiger partial charge >= 0.3 is 0 Å². The number of rotatable bonds is 2. The molecule has 12 heavy (non-hydrogen) atoms. The Kier molecular flexibility index (Phi) is 2.87. The molecule has 0 aromatic carbocycles. The molecular formula is C9H17N3. The maximum absolute atomic E-state index is 4.12. The molecule has 1 aliphatic heterocycles. The monoisotopic (exact) mass is 167 g/mol. The van der Waals surface area contributed by atoms with Crippen molar-refractivity contribution in [2.75, 3.05) is 7.05 Å². The van der Waals surface area contributed by atoms with E-state index in [1.54, 1.807) is 6.34 Å². The molecule has 1 heterocycles. The van der Waals surface area contributed by atoms with E-state index in [9.17, 15) is 0 Å². The maximum atomic E-state index is 4.12. The van der Waals surface area contributed by atoms with Gasteiger partial charge in [-0.15, -0.1) is 0 Å². The van der Waals surface area contributed by atoms with Gasteiger partial charge in [0, 0.05) is 11.7 Å². The molecule has 0 saturated carbocycles. The highest BCUT2D eigenvalue weighted by Crippen LogP contribution is 2.07. The topological polar surface area (TPSA) is 27.6 Å². The Morgan fingerprint density at radius 1 is 1.58 bits per heavy atom. The Morgan fingerprint density at radius 2 is 2.25 bits per heavy atom. The lowest BCUT2D eigenvalue weighted by atomic mass is 10.2. The van der Waals surface area contributed by atoms with Gasteiger partial charge in [0.05, 0.1) is 6.34 Å². The largest absolute Gasteiger partial charge is 0.357 e. The molecule has 0 saturated heterocycles. The minimum absolute atomic E-state index is 0.294. The minimum atomic E-state index is 0.294. The predicted octanol–water partition coefficient (Wildman–Crippen LogP) is 1.19. The second-order valence-electron chi connectivity index (χ2n) is 3.44. The summed E-state index contributed by atoms with van der Waals surface area (Å²) in [7, 11) is 2.10. The first-order chi connectivity index (χ1) is 5.61. The first-order valence-corrected chi connectivity index (χ1v) is 4.30. The second kappa shape index (κ2) is 3.72. The molecule has 0 aromatic rings. The Morgan fingerprint density at radius 3 is 2.75 bits per heavy atom. The lowest BCUT2D eigenvalue weighted by Gasteiger charge is -2.30. The van der Waals surface area contributed by atoms with Gasteiger partial charge in [-0.05, 0) is 33.9 Å². The van der Waals surface area contributed by atoms with Crippen molar-refractivity contribution < 1.29 is 0 Å². The van der Waals surface area contributed by atoms with Crippen molar-refractivity contribution in [2.45, 2.75) is 33.0 Å². The number of hydrogen-bond donors (Lipinski definition) is 1. The van der Waals surface area contributed by atoms with Crippen LogP contribution in [0.1, 0.15) is 20.8 Å². The van der Waals surface area contributed by atoms with Crippen LogP contribution in [0, 0.1) is 0 Å². The Hall–Kier alpha value is -0.830. The van der Waals surface area contributed by atoms with E-state index in [0.717, 1.165) is 5.70 Å². The summed E-state index contributed by atoms with van der Waals surface area (Å²) in [6, 6.07) is 0.540. The lowest BCUT2D eigenvalue weighted by Crippen LogP contribution is -2.46. The third-order valence-corrected chi connectivity index (χ3v) is 2.17. The molecule has 0 radical (unpaired) electrons. The second-order valence-corrected chi connectivity index (χ2v) is 3.44. The molecule has 1 aliphatic rings. The molecule has 1 N–H and O–H groups in total. The Bertz CT molecular complexity index is 206. The minimum Gasteiger partial charge on any atom is -0.357 e. The van der Waals surface area contributed by atoms with Crippen LogP contribution >= 0.6 is 0 Å². The average Bonchev–Trinajstić information content (AvgIpc) is 2.03. The molecule has 3 nitrogen and oxygen atoms in total. The van der Waals surface area contributed by atoms with E-state index in [0.29, 0.717) is 12.2 Å². The van der Waals surface area contributed by atoms with Gasteiger partial charge in [-0.3, -0.25) is 4.90 Å². The molecule has 1 rings (SSSR count). The molecule has 0 fully saturated rings. The molecule has 0 aliphatic carbocycles. The van der Waals surface area contributed by atoms with Crippen molar-refractivity contribution in [1.82, 2.24) is 10.2 Å². The van der Waals surface area contributed by atoms with Crippen LogP contribution in [0.4, 0.5) is 0 Å². The highest BCUT2D eigenvalue weighted by atomic mass is 15.3. The van der Waals surface area contributed by atoms with Crippen LogP contribution < -0.4 is 5.32 Å². The van der Waals surface area contributed by atoms with E-state index in [1.807, 2.05) is 6.92 Å². The van der Waals surface area contributed by atoms with Gasteiger partial charge in [0.2, 0.25) is 0 Å². The van der Waals surface area contributed by atoms with Crippen LogP contribution in [-0.2, 0) is 0 Å². The smallest absolute Gasteiger partial charge is 0.101 e. The fourth-order valence-corrected chi connectivity index (χ4v) is 1.09. The fraction of sp³-hybridized carbons (Fsp3) is 0.667. The summed E-state index contributed by atoms with van der Waals surface area (Å²) in [5.41, 5.74) is 1.08. The molecule has 3 heteroatoms. The van der Waals surface area contributed by atoms with Crippen molar-refractivity contribution in [3.63, 3.8) is 0 Å². The third kappa shape index (κ3) is 2.08. The van der Waals surface area contributed by atoms with Crippen LogP contribution in [-0.4, -0.2) is 30.5 Å². The maximum Gasteiger partial charge on any atom is 0.101 e. The van der Waals surface area contributed by atoms with Gasteiger partial charge in [-0.2, -0.15) is 0 Å². The molecule has 1 atom stereocenters. The van der Waals surface area contributed by atoms with Gasteiger partial charge < -0.3 is 5.32 Å². The highest BCUT2D eigenvalue weighted by Gasteiger charge is 2.15. The van der Waals surface area contributed by atoms with Crippen molar-refractivity contribution in [3.05, 3.63) is 11.8 Å². The molecule has 68 valence electrons. The van der Waals surface area contributed by atoms with Crippen LogP contribution in [0.2, 0.25) is 0 Å². The third-order valence-electron chi connectivity index (χ3n) is 2.17. The first-order valence-electron chi connectivity index (χ1n) is 4.30. The zero-order chi connectivity index (χ0) is 9.14. The highest BCUT2D eigenvalue weighted by molar-refractivity contribution is 5.58. The molecule has 1 unspecified atom stereocenters. The number of aliphatic imine (C=N–C) groups is 1. The van der Waals surface area contributed by atoms with Crippen molar-refractivity contribution in [1.29, 1.82) is 0 Å². The zero-order valence-electron chi connectivity index (χ0n) is 8.20. The standard InChI is InChI=1S/C9H17N3/c1-7(2)12(4)9-5-8(3)10-6-11-9/h5-7,9H,1-4H3,(H,10,11). The van der Waals surface area contributed by atoms with E-state index >= 15 is 0 Å². The van der Waals surface area contributed by atoms with E-state index in [4.69, 9.17) is 0 Å². The van der Waals surface area contributed by atoms with Gasteiger partial charge in [0.25, 0.3) is 0 Å². The molecule has 0 spiro atoms. The van der Waals surface area contributed by atoms with Gasteiger partial charge in [0.1, 0.15) is 6.17 Å². The van der Waals surface area contributed by atoms with Crippen molar-refractivity contribution >= 4 is 6.34 Å². The number of allylic oxidation sites excluding steroid dienone is 1. The molecule has 0 amide bonds. The van der Waals surface area contributed by atoms with Crippen LogP contribution in [0.5, 0.6) is 0 Å².